The number of hydrogen-bond acceptors (Lipinski definition) is 9. The lowest BCUT2D eigenvalue weighted by atomic mass is 10.3. The van der Waals surface area contributed by atoms with Gasteiger partial charge in [0.25, 0.3) is 0 Å². The summed E-state index contributed by atoms with van der Waals surface area (Å²) in [5, 5.41) is 9.58. The first-order chi connectivity index (χ1) is 12.9. The van der Waals surface area contributed by atoms with Gasteiger partial charge in [-0.2, -0.15) is 0 Å². The zero-order chi connectivity index (χ0) is 19.3. The Hall–Kier alpha value is -3.05. The van der Waals surface area contributed by atoms with Crippen molar-refractivity contribution < 1.29 is 12.9 Å². The van der Waals surface area contributed by atoms with Gasteiger partial charge in [0.05, 0.1) is 6.20 Å². The second-order valence-corrected chi connectivity index (χ2v) is 7.48. The summed E-state index contributed by atoms with van der Waals surface area (Å²) in [6.07, 6.45) is 3.92. The largest absolute Gasteiger partial charge is 0.369 e. The first-order valence-electron chi connectivity index (χ1n) is 8.11. The van der Waals surface area contributed by atoms with Crippen molar-refractivity contribution >= 4 is 27.5 Å². The van der Waals surface area contributed by atoms with Crippen LogP contribution in [0.15, 0.2) is 46.3 Å². The molecular weight excluding hydrogens is 370 g/mol. The highest BCUT2D eigenvalue weighted by Crippen LogP contribution is 2.16. The van der Waals surface area contributed by atoms with E-state index in [0.29, 0.717) is 29.8 Å². The first-order valence-corrected chi connectivity index (χ1v) is 9.59. The van der Waals surface area contributed by atoms with Crippen LogP contribution in [0.2, 0.25) is 0 Å². The number of nitrogens with one attached hydrogen (secondary N) is 3. The fraction of sp³-hybridized carbons (Fsp3) is 0.250. The van der Waals surface area contributed by atoms with E-state index >= 15 is 0 Å². The first kappa shape index (κ1) is 18.7. The lowest BCUT2D eigenvalue weighted by Gasteiger charge is -2.10. The van der Waals surface area contributed by atoms with E-state index in [0.717, 1.165) is 18.0 Å². The van der Waals surface area contributed by atoms with Gasteiger partial charge in [0, 0.05) is 25.4 Å². The van der Waals surface area contributed by atoms with Crippen molar-refractivity contribution in [3.63, 3.8) is 0 Å². The van der Waals surface area contributed by atoms with E-state index in [1.165, 1.54) is 0 Å². The molecule has 3 heterocycles. The Kier molecular flexibility index (Phi) is 5.62. The maximum Gasteiger partial charge on any atom is 0.245 e. The van der Waals surface area contributed by atoms with Crippen LogP contribution in [0.4, 0.5) is 17.5 Å². The molecule has 3 N–H and O–H groups in total. The topological polar surface area (TPSA) is 135 Å². The Labute approximate surface area is 156 Å². The number of nitrogens with zero attached hydrogens (tertiary/aromatic N) is 4. The van der Waals surface area contributed by atoms with Crippen LogP contribution in [-0.2, 0) is 10.0 Å². The highest BCUT2D eigenvalue weighted by molar-refractivity contribution is 7.89. The molecule has 0 aliphatic rings. The van der Waals surface area contributed by atoms with Crippen LogP contribution >= 0.6 is 0 Å². The average Bonchev–Trinajstić information content (AvgIpc) is 3.14. The Morgan fingerprint density at radius 2 is 1.89 bits per heavy atom. The van der Waals surface area contributed by atoms with Crippen LogP contribution < -0.4 is 15.4 Å². The Morgan fingerprint density at radius 1 is 1.07 bits per heavy atom. The Bertz CT molecular complexity index is 1010. The van der Waals surface area contributed by atoms with E-state index in [-0.39, 0.29) is 11.4 Å². The molecule has 0 aliphatic carbocycles. The molecule has 0 aliphatic heterocycles. The van der Waals surface area contributed by atoms with Gasteiger partial charge in [-0.25, -0.2) is 28.1 Å². The van der Waals surface area contributed by atoms with Gasteiger partial charge < -0.3 is 15.2 Å². The van der Waals surface area contributed by atoms with Crippen molar-refractivity contribution in [2.24, 2.45) is 0 Å². The monoisotopic (exact) mass is 389 g/mol. The summed E-state index contributed by atoms with van der Waals surface area (Å²) in [6, 6.07) is 5.54. The zero-order valence-corrected chi connectivity index (χ0v) is 15.6. The molecule has 3 rings (SSSR count). The van der Waals surface area contributed by atoms with Gasteiger partial charge in [-0.05, 0) is 31.5 Å². The molecular formula is C16H19N7O3S. The Morgan fingerprint density at radius 3 is 2.63 bits per heavy atom. The van der Waals surface area contributed by atoms with Crippen LogP contribution in [0.1, 0.15) is 11.4 Å². The summed E-state index contributed by atoms with van der Waals surface area (Å²) in [6.45, 7) is 4.25. The fourth-order valence-corrected chi connectivity index (χ4v) is 3.13. The number of anilines is 3. The second kappa shape index (κ2) is 8.10. The predicted octanol–water partition coefficient (Wildman–Crippen LogP) is 1.61. The van der Waals surface area contributed by atoms with Gasteiger partial charge in [0.1, 0.15) is 34.4 Å². The van der Waals surface area contributed by atoms with E-state index in [4.69, 9.17) is 0 Å². The van der Waals surface area contributed by atoms with Crippen LogP contribution in [-0.4, -0.2) is 41.6 Å². The van der Waals surface area contributed by atoms with Crippen molar-refractivity contribution in [2.75, 3.05) is 23.7 Å². The third kappa shape index (κ3) is 5.21. The van der Waals surface area contributed by atoms with Gasteiger partial charge >= 0.3 is 0 Å². The smallest absolute Gasteiger partial charge is 0.245 e. The quantitative estimate of drug-likeness (QED) is 0.491. The minimum Gasteiger partial charge on any atom is -0.369 e. The molecule has 0 atom stereocenters. The van der Waals surface area contributed by atoms with Crippen LogP contribution in [0.3, 0.4) is 0 Å². The third-order valence-corrected chi connectivity index (χ3v) is 4.86. The van der Waals surface area contributed by atoms with E-state index in [1.54, 1.807) is 19.2 Å². The Balaban J connectivity index is 1.58. The van der Waals surface area contributed by atoms with Gasteiger partial charge in [-0.3, -0.25) is 0 Å². The van der Waals surface area contributed by atoms with E-state index in [2.05, 4.69) is 40.0 Å². The third-order valence-electron chi connectivity index (χ3n) is 3.45. The zero-order valence-electron chi connectivity index (χ0n) is 14.8. The molecule has 11 heteroatoms. The fourth-order valence-electron chi connectivity index (χ4n) is 2.25. The molecule has 142 valence electrons. The lowest BCUT2D eigenvalue weighted by Crippen LogP contribution is -2.28. The summed E-state index contributed by atoms with van der Waals surface area (Å²) < 4.78 is 30.9. The lowest BCUT2D eigenvalue weighted by molar-refractivity contribution is 0.417. The van der Waals surface area contributed by atoms with Gasteiger partial charge in [-0.1, -0.05) is 5.16 Å². The molecule has 0 radical (unpaired) electrons. The maximum absolute atomic E-state index is 12.0. The van der Waals surface area contributed by atoms with E-state index in [9.17, 15) is 8.42 Å². The molecule has 0 bridgehead atoms. The molecule has 0 amide bonds. The van der Waals surface area contributed by atoms with E-state index < -0.39 is 10.0 Å². The number of hydrogen-bond donors (Lipinski definition) is 3. The second-order valence-electron chi connectivity index (χ2n) is 5.71. The number of aryl methyl sites for hydroxylation is 2. The van der Waals surface area contributed by atoms with Crippen molar-refractivity contribution in [2.45, 2.75) is 18.7 Å². The summed E-state index contributed by atoms with van der Waals surface area (Å²) in [5.41, 5.74) is 1.08. The van der Waals surface area contributed by atoms with Gasteiger partial charge in [0.2, 0.25) is 10.0 Å². The van der Waals surface area contributed by atoms with Crippen molar-refractivity contribution in [1.82, 2.24) is 24.8 Å². The van der Waals surface area contributed by atoms with Crippen LogP contribution in [0.5, 0.6) is 0 Å². The molecule has 3 aromatic heterocycles. The summed E-state index contributed by atoms with van der Waals surface area (Å²) in [7, 11) is -3.63. The normalized spacial score (nSPS) is 11.3. The summed E-state index contributed by atoms with van der Waals surface area (Å²) in [5.74, 6) is 2.41. The van der Waals surface area contributed by atoms with Crippen molar-refractivity contribution in [3.05, 3.63) is 48.2 Å². The SMILES string of the molecule is Cc1ccnc(Nc2cc(NCCNS(=O)(=O)c3cnoc3)nc(C)n2)c1. The molecule has 10 nitrogen and oxygen atoms in total. The highest BCUT2D eigenvalue weighted by Gasteiger charge is 2.15. The average molecular weight is 389 g/mol. The number of pyridine rings is 1. The molecule has 0 saturated heterocycles. The summed E-state index contributed by atoms with van der Waals surface area (Å²) in [4.78, 5) is 12.8. The molecule has 0 spiro atoms. The van der Waals surface area contributed by atoms with Crippen molar-refractivity contribution in [3.8, 4) is 0 Å². The number of aromatic nitrogens is 4. The van der Waals surface area contributed by atoms with Crippen LogP contribution in [0.25, 0.3) is 0 Å². The molecule has 27 heavy (non-hydrogen) atoms. The molecule has 0 unspecified atom stereocenters. The maximum atomic E-state index is 12.0. The van der Waals surface area contributed by atoms with Crippen molar-refractivity contribution in [1.29, 1.82) is 0 Å². The predicted molar refractivity (Wildman–Crippen MR) is 99.2 cm³/mol. The van der Waals surface area contributed by atoms with E-state index in [1.807, 2.05) is 19.1 Å². The highest BCUT2D eigenvalue weighted by atomic mass is 32.2. The van der Waals surface area contributed by atoms with Gasteiger partial charge in [-0.15, -0.1) is 0 Å². The molecule has 3 aromatic rings. The van der Waals surface area contributed by atoms with Crippen LogP contribution in [0, 0.1) is 13.8 Å². The minimum absolute atomic E-state index is 0.0162. The number of rotatable bonds is 8. The molecule has 0 fully saturated rings. The molecule has 0 aromatic carbocycles. The standard InChI is InChI=1S/C16H19N7O3S/c1-11-3-4-17-14(7-11)23-16-8-15(21-12(2)22-16)18-5-6-20-27(24,25)13-9-19-26-10-13/h3-4,7-10,20H,5-6H2,1-2H3,(H2,17,18,21,22,23). The minimum atomic E-state index is -3.63. The summed E-state index contributed by atoms with van der Waals surface area (Å²) >= 11 is 0. The van der Waals surface area contributed by atoms with Gasteiger partial charge in [0.15, 0.2) is 0 Å². The molecule has 0 saturated carbocycles. The number of sulfonamides is 1.